The third-order valence-corrected chi connectivity index (χ3v) is 6.84. The second kappa shape index (κ2) is 9.44. The summed E-state index contributed by atoms with van der Waals surface area (Å²) in [6.07, 6.45) is 3.62. The van der Waals surface area contributed by atoms with Gasteiger partial charge < -0.3 is 15.0 Å². The summed E-state index contributed by atoms with van der Waals surface area (Å²) >= 11 is 0. The molecule has 0 radical (unpaired) electrons. The summed E-state index contributed by atoms with van der Waals surface area (Å²) in [5.41, 5.74) is 4.09. The van der Waals surface area contributed by atoms with Gasteiger partial charge in [-0.05, 0) is 49.1 Å². The molecule has 1 aromatic heterocycles. The topological polar surface area (TPSA) is 84.4 Å². The Kier molecular flexibility index (Phi) is 6.19. The summed E-state index contributed by atoms with van der Waals surface area (Å²) in [5, 5.41) is 2.87. The summed E-state index contributed by atoms with van der Waals surface area (Å²) in [6.45, 7) is 3.01. The van der Waals surface area contributed by atoms with Crippen LogP contribution >= 0.6 is 0 Å². The van der Waals surface area contributed by atoms with Crippen molar-refractivity contribution >= 4 is 17.5 Å². The molecule has 1 saturated heterocycles. The molecule has 0 spiro atoms. The number of hydrogen-bond acceptors (Lipinski definition) is 5. The lowest BCUT2D eigenvalue weighted by atomic mass is 9.89. The average Bonchev–Trinajstić information content (AvgIpc) is 3.18. The molecule has 2 aromatic carbocycles. The minimum absolute atomic E-state index is 0.0309. The molecule has 3 heterocycles. The number of fused-ring (bicyclic) bond motifs is 1. The van der Waals surface area contributed by atoms with Gasteiger partial charge in [-0.1, -0.05) is 18.2 Å². The number of aromatic nitrogens is 2. The van der Waals surface area contributed by atoms with Gasteiger partial charge >= 0.3 is 0 Å². The van der Waals surface area contributed by atoms with Gasteiger partial charge in [-0.25, -0.2) is 14.4 Å². The molecule has 2 aliphatic heterocycles. The van der Waals surface area contributed by atoms with Crippen molar-refractivity contribution in [2.45, 2.75) is 38.0 Å². The Morgan fingerprint density at radius 1 is 1.23 bits per heavy atom. The number of carbonyl (C=O) groups excluding carboxylic acids is 2. The maximum atomic E-state index is 13.5. The van der Waals surface area contributed by atoms with Gasteiger partial charge in [0.15, 0.2) is 0 Å². The summed E-state index contributed by atoms with van der Waals surface area (Å²) in [5.74, 6) is 0.320. The van der Waals surface area contributed by atoms with Gasteiger partial charge in [-0.15, -0.1) is 0 Å². The van der Waals surface area contributed by atoms with E-state index in [-0.39, 0.29) is 30.0 Å². The molecule has 35 heavy (non-hydrogen) atoms. The summed E-state index contributed by atoms with van der Waals surface area (Å²) < 4.78 is 18.7. The number of amides is 2. The molecule has 1 fully saturated rings. The van der Waals surface area contributed by atoms with E-state index < -0.39 is 5.92 Å². The normalized spacial score (nSPS) is 19.3. The van der Waals surface area contributed by atoms with Crippen molar-refractivity contribution in [2.75, 3.05) is 25.5 Å². The number of nitrogens with zero attached hydrogens (tertiary/aromatic N) is 3. The van der Waals surface area contributed by atoms with Crippen LogP contribution < -0.4 is 10.1 Å². The highest BCUT2D eigenvalue weighted by Crippen LogP contribution is 2.38. The zero-order valence-corrected chi connectivity index (χ0v) is 19.8. The van der Waals surface area contributed by atoms with Crippen molar-refractivity contribution in [1.29, 1.82) is 0 Å². The van der Waals surface area contributed by atoms with E-state index in [2.05, 4.69) is 10.3 Å². The Morgan fingerprint density at radius 2 is 2.03 bits per heavy atom. The Balaban J connectivity index is 1.35. The van der Waals surface area contributed by atoms with Crippen LogP contribution in [0.5, 0.6) is 5.75 Å². The molecule has 2 atom stereocenters. The number of benzene rings is 2. The zero-order chi connectivity index (χ0) is 24.5. The lowest BCUT2D eigenvalue weighted by Gasteiger charge is -2.34. The van der Waals surface area contributed by atoms with Crippen LogP contribution in [0, 0.1) is 12.7 Å². The fraction of sp³-hybridized carbons (Fsp3) is 0.333. The van der Waals surface area contributed by atoms with Crippen LogP contribution in [-0.4, -0.2) is 46.9 Å². The van der Waals surface area contributed by atoms with Crippen molar-refractivity contribution in [3.05, 3.63) is 71.6 Å². The summed E-state index contributed by atoms with van der Waals surface area (Å²) in [4.78, 5) is 36.9. The minimum Gasteiger partial charge on any atom is -0.497 e. The van der Waals surface area contributed by atoms with E-state index >= 15 is 0 Å². The van der Waals surface area contributed by atoms with E-state index in [9.17, 15) is 14.0 Å². The van der Waals surface area contributed by atoms with Gasteiger partial charge in [-0.2, -0.15) is 0 Å². The fourth-order valence-corrected chi connectivity index (χ4v) is 5.02. The van der Waals surface area contributed by atoms with Crippen LogP contribution in [0.4, 0.5) is 10.1 Å². The van der Waals surface area contributed by atoms with Crippen LogP contribution in [0.2, 0.25) is 0 Å². The number of anilines is 1. The number of aryl methyl sites for hydroxylation is 1. The lowest BCUT2D eigenvalue weighted by molar-refractivity contribution is -0.134. The first-order valence-corrected chi connectivity index (χ1v) is 11.8. The second-order valence-corrected chi connectivity index (χ2v) is 9.10. The number of ether oxygens (including phenoxy) is 1. The van der Waals surface area contributed by atoms with Gasteiger partial charge in [0, 0.05) is 48.9 Å². The number of halogens is 1. The summed E-state index contributed by atoms with van der Waals surface area (Å²) in [6, 6.07) is 11.7. The highest BCUT2D eigenvalue weighted by atomic mass is 19.1. The van der Waals surface area contributed by atoms with Gasteiger partial charge in [0.1, 0.15) is 17.4 Å². The van der Waals surface area contributed by atoms with Gasteiger partial charge in [0.05, 0.1) is 18.7 Å². The maximum absolute atomic E-state index is 13.5. The highest BCUT2D eigenvalue weighted by Gasteiger charge is 2.35. The van der Waals surface area contributed by atoms with Crippen LogP contribution in [0.25, 0.3) is 11.1 Å². The van der Waals surface area contributed by atoms with Crippen molar-refractivity contribution < 1.29 is 18.7 Å². The molecule has 0 aliphatic carbocycles. The molecule has 0 unspecified atom stereocenters. The zero-order valence-electron chi connectivity index (χ0n) is 19.8. The van der Waals surface area contributed by atoms with Gasteiger partial charge in [-0.3, -0.25) is 9.59 Å². The highest BCUT2D eigenvalue weighted by molar-refractivity contribution is 6.05. The molecule has 8 heteroatoms. The largest absolute Gasteiger partial charge is 0.497 e. The molecule has 7 nitrogen and oxygen atoms in total. The Labute approximate surface area is 203 Å². The van der Waals surface area contributed by atoms with Crippen LogP contribution in [0.15, 0.2) is 48.7 Å². The quantitative estimate of drug-likeness (QED) is 0.591. The lowest BCUT2D eigenvalue weighted by Crippen LogP contribution is -2.40. The predicted octanol–water partition coefficient (Wildman–Crippen LogP) is 4.43. The standard InChI is InChI=1S/C27H27FN4O3/c1-16-29-14-23(17-5-7-19(28)8-6-17)26(30-16)18-4-3-11-32(15-18)25(33)13-22-21-10-9-20(35-2)12-24(21)31-27(22)34/h5-10,12,14,18,22H,3-4,11,13,15H2,1-2H3,(H,31,34)/t18-,22+/m0/s1. The van der Waals surface area contributed by atoms with Crippen molar-refractivity contribution in [1.82, 2.24) is 14.9 Å². The molecule has 2 aliphatic rings. The van der Waals surface area contributed by atoms with Crippen molar-refractivity contribution in [3.8, 4) is 16.9 Å². The van der Waals surface area contributed by atoms with Crippen LogP contribution in [-0.2, 0) is 9.59 Å². The first kappa shape index (κ1) is 23.0. The average molecular weight is 475 g/mol. The number of nitrogens with one attached hydrogen (secondary N) is 1. The predicted molar refractivity (Wildman–Crippen MR) is 130 cm³/mol. The van der Waals surface area contributed by atoms with Crippen molar-refractivity contribution in [2.24, 2.45) is 0 Å². The molecular weight excluding hydrogens is 447 g/mol. The number of hydrogen-bond donors (Lipinski definition) is 1. The molecule has 180 valence electrons. The number of likely N-dealkylation sites (tertiary alicyclic amines) is 1. The Hall–Kier alpha value is -3.81. The van der Waals surface area contributed by atoms with E-state index in [0.29, 0.717) is 30.4 Å². The monoisotopic (exact) mass is 474 g/mol. The number of rotatable bonds is 5. The fourth-order valence-electron chi connectivity index (χ4n) is 5.02. The molecule has 3 aromatic rings. The smallest absolute Gasteiger partial charge is 0.232 e. The third kappa shape index (κ3) is 4.60. The maximum Gasteiger partial charge on any atom is 0.232 e. The van der Waals surface area contributed by atoms with E-state index in [1.165, 1.54) is 12.1 Å². The first-order chi connectivity index (χ1) is 16.9. The third-order valence-electron chi connectivity index (χ3n) is 6.84. The van der Waals surface area contributed by atoms with Gasteiger partial charge in [0.25, 0.3) is 0 Å². The van der Waals surface area contributed by atoms with Crippen LogP contribution in [0.1, 0.15) is 48.2 Å². The Morgan fingerprint density at radius 3 is 2.80 bits per heavy atom. The number of carbonyl (C=O) groups is 2. The van der Waals surface area contributed by atoms with E-state index in [1.54, 1.807) is 31.5 Å². The minimum atomic E-state index is -0.514. The molecule has 5 rings (SSSR count). The number of methoxy groups -OCH3 is 1. The van der Waals surface area contributed by atoms with Crippen molar-refractivity contribution in [3.63, 3.8) is 0 Å². The van der Waals surface area contributed by atoms with Gasteiger partial charge in [0.2, 0.25) is 11.8 Å². The van der Waals surface area contributed by atoms with E-state index in [0.717, 1.165) is 35.2 Å². The molecule has 1 N–H and O–H groups in total. The SMILES string of the molecule is COc1ccc2c(c1)NC(=O)[C@@H]2CC(=O)N1CCC[C@H](c2nc(C)ncc2-c2ccc(F)cc2)C1. The molecular formula is C27H27FN4O3. The molecule has 0 bridgehead atoms. The van der Waals surface area contributed by atoms with E-state index in [1.807, 2.05) is 24.0 Å². The number of piperidine rings is 1. The first-order valence-electron chi connectivity index (χ1n) is 11.8. The second-order valence-electron chi connectivity index (χ2n) is 9.10. The molecule has 0 saturated carbocycles. The summed E-state index contributed by atoms with van der Waals surface area (Å²) in [7, 11) is 1.58. The van der Waals surface area contributed by atoms with E-state index in [4.69, 9.17) is 9.72 Å². The van der Waals surface area contributed by atoms with Crippen LogP contribution in [0.3, 0.4) is 0 Å². The Bertz CT molecular complexity index is 1280. The molecule has 2 amide bonds.